The van der Waals surface area contributed by atoms with E-state index in [-0.39, 0.29) is 22.0 Å². The maximum atomic E-state index is 14.9. The molecule has 0 radical (unpaired) electrons. The van der Waals surface area contributed by atoms with Gasteiger partial charge in [-0.05, 0) is 54.6 Å². The van der Waals surface area contributed by atoms with Gasteiger partial charge in [0.05, 0.1) is 23.4 Å². The van der Waals surface area contributed by atoms with Gasteiger partial charge in [0.25, 0.3) is 17.7 Å². The largest absolute Gasteiger partial charge is 0.417 e. The Morgan fingerprint density at radius 3 is 2.32 bits per heavy atom. The summed E-state index contributed by atoms with van der Waals surface area (Å²) in [6.07, 6.45) is -5.70. The van der Waals surface area contributed by atoms with Crippen LogP contribution in [0.15, 0.2) is 66.7 Å². The predicted octanol–water partition coefficient (Wildman–Crippen LogP) is 5.48. The molecule has 3 aromatic rings. The Morgan fingerprint density at radius 1 is 1.03 bits per heavy atom. The minimum atomic E-state index is -4.74. The summed E-state index contributed by atoms with van der Waals surface area (Å²) in [6, 6.07) is 13.0. The van der Waals surface area contributed by atoms with Crippen LogP contribution in [0.25, 0.3) is 0 Å². The summed E-state index contributed by atoms with van der Waals surface area (Å²) in [4.78, 5) is 26.8. The highest BCUT2D eigenvalue weighted by Crippen LogP contribution is 2.47. The molecule has 6 nitrogen and oxygen atoms in total. The molecule has 12 heteroatoms. The van der Waals surface area contributed by atoms with Crippen molar-refractivity contribution in [2.75, 3.05) is 23.4 Å². The van der Waals surface area contributed by atoms with Crippen molar-refractivity contribution in [2.45, 2.75) is 24.1 Å². The van der Waals surface area contributed by atoms with E-state index < -0.39 is 65.8 Å². The second-order valence-electron chi connectivity index (χ2n) is 8.67. The highest BCUT2D eigenvalue weighted by atomic mass is 35.5. The van der Waals surface area contributed by atoms with Crippen LogP contribution in [0.5, 0.6) is 0 Å². The van der Waals surface area contributed by atoms with Crippen LogP contribution in [0.4, 0.5) is 33.3 Å². The number of alkyl halides is 5. The monoisotopic (exact) mass is 554 g/mol. The SMILES string of the molecule is O=C(Nc1ccc(C(=O)N2CCC(F)(F)[C@](O)(CO)c3cc(Cl)ccc32)cc1)c1ccccc1C(F)(F)F. The first-order valence-corrected chi connectivity index (χ1v) is 11.6. The van der Waals surface area contributed by atoms with E-state index in [1.165, 1.54) is 42.5 Å². The lowest BCUT2D eigenvalue weighted by Gasteiger charge is -2.33. The molecule has 0 saturated heterocycles. The molecule has 1 aliphatic heterocycles. The first-order valence-electron chi connectivity index (χ1n) is 11.2. The normalized spacial score (nSPS) is 18.9. The average Bonchev–Trinajstić information content (AvgIpc) is 2.96. The molecule has 3 aromatic carbocycles. The van der Waals surface area contributed by atoms with Gasteiger partial charge >= 0.3 is 6.18 Å². The van der Waals surface area contributed by atoms with Crippen molar-refractivity contribution in [1.82, 2.24) is 0 Å². The summed E-state index contributed by atoms with van der Waals surface area (Å²) in [6.45, 7) is -1.82. The first kappa shape index (κ1) is 27.5. The maximum absolute atomic E-state index is 14.9. The Bertz CT molecular complexity index is 1380. The van der Waals surface area contributed by atoms with E-state index >= 15 is 0 Å². The fraction of sp³-hybridized carbons (Fsp3) is 0.231. The third-order valence-electron chi connectivity index (χ3n) is 6.29. The number of nitrogens with zero attached hydrogens (tertiary/aromatic N) is 1. The maximum Gasteiger partial charge on any atom is 0.417 e. The summed E-state index contributed by atoms with van der Waals surface area (Å²) in [5.74, 6) is -5.54. The molecule has 0 aromatic heterocycles. The van der Waals surface area contributed by atoms with Gasteiger partial charge in [-0.25, -0.2) is 8.78 Å². The molecule has 0 aliphatic carbocycles. The number of anilines is 2. The first-order chi connectivity index (χ1) is 17.8. The lowest BCUT2D eigenvalue weighted by atomic mass is 9.86. The number of carbonyl (C=O) groups excluding carboxylic acids is 2. The summed E-state index contributed by atoms with van der Waals surface area (Å²) in [5, 5.41) is 22.7. The van der Waals surface area contributed by atoms with Crippen LogP contribution >= 0.6 is 11.6 Å². The molecule has 0 saturated carbocycles. The van der Waals surface area contributed by atoms with Gasteiger partial charge in [-0.2, -0.15) is 13.2 Å². The molecule has 38 heavy (non-hydrogen) atoms. The van der Waals surface area contributed by atoms with Gasteiger partial charge in [-0.1, -0.05) is 23.7 Å². The molecule has 4 rings (SSSR count). The van der Waals surface area contributed by atoms with Gasteiger partial charge in [-0.3, -0.25) is 9.59 Å². The molecule has 200 valence electrons. The van der Waals surface area contributed by atoms with E-state index in [0.717, 1.165) is 29.2 Å². The lowest BCUT2D eigenvalue weighted by molar-refractivity contribution is -0.205. The minimum Gasteiger partial charge on any atom is -0.393 e. The Labute approximate surface area is 218 Å². The Kier molecular flexibility index (Phi) is 7.21. The minimum absolute atomic E-state index is 0.00733. The summed E-state index contributed by atoms with van der Waals surface area (Å²) >= 11 is 5.95. The molecule has 1 heterocycles. The molecule has 1 aliphatic rings. The molecular weight excluding hydrogens is 535 g/mol. The molecular formula is C26H20ClF5N2O4. The standard InChI is InChI=1S/C26H20ClF5N2O4/c27-16-7-10-21-20(13-16)24(38,14-35)25(28,29)11-12-34(21)23(37)15-5-8-17(9-6-15)33-22(36)18-3-1-2-4-19(18)26(30,31)32/h1-10,13,35,38H,11-12,14H2,(H,33,36)/t24-/m0/s1. The van der Waals surface area contributed by atoms with Crippen molar-refractivity contribution >= 4 is 34.8 Å². The summed E-state index contributed by atoms with van der Waals surface area (Å²) in [5.41, 5.74) is -5.07. The van der Waals surface area contributed by atoms with Crippen molar-refractivity contribution in [3.05, 3.63) is 94.0 Å². The van der Waals surface area contributed by atoms with Gasteiger partial charge in [0, 0.05) is 34.8 Å². The number of hydrogen-bond acceptors (Lipinski definition) is 4. The molecule has 2 amide bonds. The predicted molar refractivity (Wildman–Crippen MR) is 130 cm³/mol. The number of aliphatic hydroxyl groups is 2. The van der Waals surface area contributed by atoms with Crippen LogP contribution in [-0.2, 0) is 11.8 Å². The number of rotatable bonds is 4. The van der Waals surface area contributed by atoms with Crippen molar-refractivity contribution < 1.29 is 41.8 Å². The van der Waals surface area contributed by atoms with Crippen molar-refractivity contribution in [3.8, 4) is 0 Å². The lowest BCUT2D eigenvalue weighted by Crippen LogP contribution is -2.48. The van der Waals surface area contributed by atoms with Crippen molar-refractivity contribution in [2.24, 2.45) is 0 Å². The zero-order valence-corrected chi connectivity index (χ0v) is 20.2. The molecule has 3 N–H and O–H groups in total. The number of fused-ring (bicyclic) bond motifs is 1. The van der Waals surface area contributed by atoms with Gasteiger partial charge < -0.3 is 20.4 Å². The Balaban J connectivity index is 1.61. The van der Waals surface area contributed by atoms with Gasteiger partial charge in [0.15, 0.2) is 5.60 Å². The number of nitrogens with one attached hydrogen (secondary N) is 1. The Hall–Kier alpha value is -3.54. The van der Waals surface area contributed by atoms with Crippen LogP contribution < -0.4 is 10.2 Å². The molecule has 0 unspecified atom stereocenters. The van der Waals surface area contributed by atoms with Crippen LogP contribution in [0.1, 0.15) is 38.3 Å². The third-order valence-corrected chi connectivity index (χ3v) is 6.53. The molecule has 0 spiro atoms. The number of amides is 2. The summed E-state index contributed by atoms with van der Waals surface area (Å²) in [7, 11) is 0. The van der Waals surface area contributed by atoms with E-state index in [1.807, 2.05) is 0 Å². The van der Waals surface area contributed by atoms with E-state index in [9.17, 15) is 41.8 Å². The summed E-state index contributed by atoms with van der Waals surface area (Å²) < 4.78 is 69.5. The fourth-order valence-corrected chi connectivity index (χ4v) is 4.41. The molecule has 0 fully saturated rings. The van der Waals surface area contributed by atoms with E-state index in [4.69, 9.17) is 11.6 Å². The van der Waals surface area contributed by atoms with Crippen LogP contribution in [0.2, 0.25) is 5.02 Å². The van der Waals surface area contributed by atoms with Crippen LogP contribution in [0.3, 0.4) is 0 Å². The number of carbonyl (C=O) groups is 2. The van der Waals surface area contributed by atoms with E-state index in [1.54, 1.807) is 0 Å². The highest BCUT2D eigenvalue weighted by Gasteiger charge is 2.56. The zero-order valence-electron chi connectivity index (χ0n) is 19.4. The number of benzene rings is 3. The fourth-order valence-electron chi connectivity index (χ4n) is 4.24. The highest BCUT2D eigenvalue weighted by molar-refractivity contribution is 6.30. The van der Waals surface area contributed by atoms with E-state index in [2.05, 4.69) is 5.32 Å². The van der Waals surface area contributed by atoms with Crippen molar-refractivity contribution in [1.29, 1.82) is 0 Å². The second-order valence-corrected chi connectivity index (χ2v) is 9.10. The van der Waals surface area contributed by atoms with Gasteiger partial charge in [0.1, 0.15) is 0 Å². The smallest absolute Gasteiger partial charge is 0.393 e. The molecule has 1 atom stereocenters. The Morgan fingerprint density at radius 2 is 1.68 bits per heavy atom. The number of halogens is 6. The average molecular weight is 555 g/mol. The zero-order chi connectivity index (χ0) is 27.9. The van der Waals surface area contributed by atoms with Crippen LogP contribution in [-0.4, -0.2) is 41.1 Å². The van der Waals surface area contributed by atoms with Gasteiger partial charge in [-0.15, -0.1) is 0 Å². The topological polar surface area (TPSA) is 89.9 Å². The van der Waals surface area contributed by atoms with Crippen molar-refractivity contribution in [3.63, 3.8) is 0 Å². The van der Waals surface area contributed by atoms with Gasteiger partial charge in [0.2, 0.25) is 0 Å². The molecule has 0 bridgehead atoms. The quantitative estimate of drug-likeness (QED) is 0.373. The van der Waals surface area contributed by atoms with E-state index in [0.29, 0.717) is 0 Å². The number of aliphatic hydroxyl groups excluding tert-OH is 1. The number of hydrogen-bond donors (Lipinski definition) is 3. The third kappa shape index (κ3) is 4.96. The van der Waals surface area contributed by atoms with Crippen LogP contribution in [0, 0.1) is 0 Å². The second kappa shape index (κ2) is 9.97.